The number of nitrogens with zero attached hydrogens (tertiary/aromatic N) is 2. The van der Waals surface area contributed by atoms with Gasteiger partial charge in [0.05, 0.1) is 6.54 Å². The van der Waals surface area contributed by atoms with Gasteiger partial charge in [0.15, 0.2) is 5.96 Å². The van der Waals surface area contributed by atoms with E-state index < -0.39 is 0 Å². The minimum absolute atomic E-state index is 0.866. The van der Waals surface area contributed by atoms with Gasteiger partial charge >= 0.3 is 0 Å². The summed E-state index contributed by atoms with van der Waals surface area (Å²) in [5.74, 6) is 2.88. The van der Waals surface area contributed by atoms with E-state index in [0.717, 1.165) is 30.9 Å². The molecular weight excluding hydrogens is 164 g/mol. The minimum Gasteiger partial charge on any atom is -0.354 e. The number of rotatable bonds is 0. The van der Waals surface area contributed by atoms with Crippen LogP contribution in [0.1, 0.15) is 0 Å². The van der Waals surface area contributed by atoms with Crippen LogP contribution in [-0.2, 0) is 0 Å². The Labute approximate surface area is 78.4 Å². The smallest absolute Gasteiger partial charge is 0.194 e. The quantitative estimate of drug-likeness (QED) is 0.507. The predicted molar refractivity (Wildman–Crippen MR) is 51.7 cm³/mol. The molecule has 0 aliphatic carbocycles. The highest BCUT2D eigenvalue weighted by Crippen LogP contribution is 2.26. The van der Waals surface area contributed by atoms with Gasteiger partial charge < -0.3 is 15.5 Å². The molecule has 0 aromatic carbocycles. The van der Waals surface area contributed by atoms with Crippen molar-refractivity contribution < 1.29 is 0 Å². The van der Waals surface area contributed by atoms with Gasteiger partial charge in [-0.25, -0.2) is 0 Å². The first-order valence-electron chi connectivity index (χ1n) is 5.17. The lowest BCUT2D eigenvalue weighted by Crippen LogP contribution is -2.38. The second-order valence-electron chi connectivity index (χ2n) is 4.22. The third kappa shape index (κ3) is 1.20. The van der Waals surface area contributed by atoms with Crippen LogP contribution in [-0.4, -0.2) is 50.1 Å². The summed E-state index contributed by atoms with van der Waals surface area (Å²) >= 11 is 0. The molecule has 72 valence electrons. The molecule has 0 bridgehead atoms. The van der Waals surface area contributed by atoms with Crippen LogP contribution in [0.2, 0.25) is 0 Å². The Morgan fingerprint density at radius 3 is 2.62 bits per heavy atom. The van der Waals surface area contributed by atoms with Crippen LogP contribution in [0.25, 0.3) is 0 Å². The van der Waals surface area contributed by atoms with Crippen molar-refractivity contribution >= 4 is 5.96 Å². The molecule has 2 unspecified atom stereocenters. The van der Waals surface area contributed by atoms with Gasteiger partial charge in [0.25, 0.3) is 0 Å². The number of hydrogen-bond donors (Lipinski definition) is 2. The lowest BCUT2D eigenvalue weighted by molar-refractivity contribution is 0.457. The monoisotopic (exact) mass is 180 g/mol. The van der Waals surface area contributed by atoms with Crippen molar-refractivity contribution in [1.82, 2.24) is 15.5 Å². The Balaban J connectivity index is 1.69. The maximum absolute atomic E-state index is 4.46. The minimum atomic E-state index is 0.866. The van der Waals surface area contributed by atoms with Crippen molar-refractivity contribution in [2.45, 2.75) is 0 Å². The van der Waals surface area contributed by atoms with Crippen LogP contribution in [0.5, 0.6) is 0 Å². The van der Waals surface area contributed by atoms with E-state index in [1.165, 1.54) is 26.2 Å². The number of likely N-dealkylation sites (tertiary alicyclic amines) is 1. The summed E-state index contributed by atoms with van der Waals surface area (Å²) in [5, 5.41) is 6.79. The highest BCUT2D eigenvalue weighted by Gasteiger charge is 2.37. The fraction of sp³-hybridized carbons (Fsp3) is 0.889. The van der Waals surface area contributed by atoms with Crippen molar-refractivity contribution in [2.75, 3.05) is 39.3 Å². The van der Waals surface area contributed by atoms with Crippen molar-refractivity contribution in [3.8, 4) is 0 Å². The van der Waals surface area contributed by atoms with Crippen LogP contribution in [0.15, 0.2) is 4.99 Å². The highest BCUT2D eigenvalue weighted by atomic mass is 15.3. The SMILES string of the molecule is C1CNC(N2CC3CNCC3C2)=N1. The third-order valence-corrected chi connectivity index (χ3v) is 3.35. The number of guanidine groups is 1. The standard InChI is InChI=1S/C9H16N4/c1-2-12-9(11-1)13-5-7-3-10-4-8(7)6-13/h7-8,10H,1-6H2,(H,11,12). The molecule has 0 aromatic heterocycles. The van der Waals surface area contributed by atoms with Gasteiger partial charge in [-0.15, -0.1) is 0 Å². The van der Waals surface area contributed by atoms with Crippen molar-refractivity contribution in [2.24, 2.45) is 16.8 Å². The molecule has 2 atom stereocenters. The number of fused-ring (bicyclic) bond motifs is 1. The third-order valence-electron chi connectivity index (χ3n) is 3.35. The molecule has 2 N–H and O–H groups in total. The molecule has 0 aromatic rings. The summed E-state index contributed by atoms with van der Waals surface area (Å²) in [6.45, 7) is 6.79. The molecule has 0 radical (unpaired) electrons. The van der Waals surface area contributed by atoms with Crippen LogP contribution >= 0.6 is 0 Å². The highest BCUT2D eigenvalue weighted by molar-refractivity contribution is 5.81. The van der Waals surface area contributed by atoms with E-state index in [2.05, 4.69) is 20.5 Å². The zero-order chi connectivity index (χ0) is 8.67. The number of hydrogen-bond acceptors (Lipinski definition) is 4. The van der Waals surface area contributed by atoms with Gasteiger partial charge in [0.1, 0.15) is 0 Å². The van der Waals surface area contributed by atoms with E-state index in [1.807, 2.05) is 0 Å². The molecule has 0 amide bonds. The average Bonchev–Trinajstić information content (AvgIpc) is 2.78. The number of aliphatic imine (C=N–C) groups is 1. The van der Waals surface area contributed by atoms with Crippen molar-refractivity contribution in [3.63, 3.8) is 0 Å². The Kier molecular flexibility index (Phi) is 1.68. The zero-order valence-corrected chi connectivity index (χ0v) is 7.79. The second kappa shape index (κ2) is 2.87. The zero-order valence-electron chi connectivity index (χ0n) is 7.79. The first-order valence-corrected chi connectivity index (χ1v) is 5.17. The summed E-state index contributed by atoms with van der Waals surface area (Å²) in [5.41, 5.74) is 0. The van der Waals surface area contributed by atoms with Crippen LogP contribution in [0, 0.1) is 11.8 Å². The Morgan fingerprint density at radius 2 is 2.00 bits per heavy atom. The first-order chi connectivity index (χ1) is 6.43. The van der Waals surface area contributed by atoms with Gasteiger partial charge in [-0.3, -0.25) is 4.99 Å². The van der Waals surface area contributed by atoms with Gasteiger partial charge in [-0.05, 0) is 11.8 Å². The molecule has 2 fully saturated rings. The van der Waals surface area contributed by atoms with Crippen molar-refractivity contribution in [1.29, 1.82) is 0 Å². The van der Waals surface area contributed by atoms with E-state index in [0.29, 0.717) is 0 Å². The molecular formula is C9H16N4. The van der Waals surface area contributed by atoms with Gasteiger partial charge in [-0.1, -0.05) is 0 Å². The molecule has 0 spiro atoms. The molecule has 3 aliphatic rings. The van der Waals surface area contributed by atoms with Gasteiger partial charge in [0, 0.05) is 32.7 Å². The van der Waals surface area contributed by atoms with E-state index in [-0.39, 0.29) is 0 Å². The second-order valence-corrected chi connectivity index (χ2v) is 4.22. The fourth-order valence-electron chi connectivity index (χ4n) is 2.63. The fourth-order valence-corrected chi connectivity index (χ4v) is 2.63. The normalized spacial score (nSPS) is 37.5. The predicted octanol–water partition coefficient (Wildman–Crippen LogP) is -0.903. The molecule has 3 rings (SSSR count). The van der Waals surface area contributed by atoms with Gasteiger partial charge in [0.2, 0.25) is 0 Å². The maximum Gasteiger partial charge on any atom is 0.194 e. The van der Waals surface area contributed by atoms with Crippen LogP contribution in [0.4, 0.5) is 0 Å². The summed E-state index contributed by atoms with van der Waals surface area (Å²) in [6, 6.07) is 0. The Hall–Kier alpha value is -0.770. The Morgan fingerprint density at radius 1 is 1.23 bits per heavy atom. The Bertz CT molecular complexity index is 226. The topological polar surface area (TPSA) is 39.7 Å². The van der Waals surface area contributed by atoms with E-state index >= 15 is 0 Å². The molecule has 3 heterocycles. The summed E-state index contributed by atoms with van der Waals surface area (Å²) in [6.07, 6.45) is 0. The van der Waals surface area contributed by atoms with Crippen molar-refractivity contribution in [3.05, 3.63) is 0 Å². The van der Waals surface area contributed by atoms with E-state index in [4.69, 9.17) is 0 Å². The summed E-state index contributed by atoms with van der Waals surface area (Å²) in [4.78, 5) is 6.88. The summed E-state index contributed by atoms with van der Waals surface area (Å²) in [7, 11) is 0. The molecule has 2 saturated heterocycles. The average molecular weight is 180 g/mol. The van der Waals surface area contributed by atoms with E-state index in [9.17, 15) is 0 Å². The molecule has 4 nitrogen and oxygen atoms in total. The largest absolute Gasteiger partial charge is 0.354 e. The lowest BCUT2D eigenvalue weighted by atomic mass is 10.0. The first kappa shape index (κ1) is 7.62. The molecule has 0 saturated carbocycles. The molecule has 3 aliphatic heterocycles. The maximum atomic E-state index is 4.46. The lowest BCUT2D eigenvalue weighted by Gasteiger charge is -2.19. The van der Waals surface area contributed by atoms with Crippen LogP contribution in [0.3, 0.4) is 0 Å². The molecule has 4 heteroatoms. The van der Waals surface area contributed by atoms with Gasteiger partial charge in [-0.2, -0.15) is 0 Å². The van der Waals surface area contributed by atoms with E-state index in [1.54, 1.807) is 0 Å². The number of nitrogens with one attached hydrogen (secondary N) is 2. The summed E-state index contributed by atoms with van der Waals surface area (Å²) < 4.78 is 0. The van der Waals surface area contributed by atoms with Crippen LogP contribution < -0.4 is 10.6 Å². The molecule has 13 heavy (non-hydrogen) atoms.